The number of rotatable bonds is 6. The van der Waals surface area contributed by atoms with Crippen molar-refractivity contribution in [2.45, 2.75) is 77.9 Å². The number of ether oxygens (including phenoxy) is 2. The van der Waals surface area contributed by atoms with Crippen LogP contribution in [0.15, 0.2) is 0 Å². The van der Waals surface area contributed by atoms with Gasteiger partial charge in [0.2, 0.25) is 0 Å². The van der Waals surface area contributed by atoms with Gasteiger partial charge in [-0.3, -0.25) is 0 Å². The van der Waals surface area contributed by atoms with Crippen LogP contribution in [0.4, 0.5) is 0 Å². The molecule has 1 rings (SSSR count). The maximum absolute atomic E-state index is 6.21. The number of hydrogen-bond acceptors (Lipinski definition) is 3. The molecule has 120 valence electrons. The Labute approximate surface area is 125 Å². The quantitative estimate of drug-likeness (QED) is 0.808. The van der Waals surface area contributed by atoms with Crippen molar-refractivity contribution in [2.75, 3.05) is 20.3 Å². The van der Waals surface area contributed by atoms with Gasteiger partial charge in [0.25, 0.3) is 0 Å². The third-order valence-corrected chi connectivity index (χ3v) is 5.16. The summed E-state index contributed by atoms with van der Waals surface area (Å²) in [5, 5.41) is 0. The fraction of sp³-hybridized carbons (Fsp3) is 1.00. The summed E-state index contributed by atoms with van der Waals surface area (Å²) >= 11 is 0. The van der Waals surface area contributed by atoms with Gasteiger partial charge in [-0.2, -0.15) is 0 Å². The first-order valence-electron chi connectivity index (χ1n) is 8.03. The maximum atomic E-state index is 6.21. The largest absolute Gasteiger partial charge is 0.379 e. The Morgan fingerprint density at radius 3 is 2.05 bits per heavy atom. The Morgan fingerprint density at radius 1 is 1.10 bits per heavy atom. The minimum atomic E-state index is -0.113. The van der Waals surface area contributed by atoms with Crippen LogP contribution in [-0.2, 0) is 9.47 Å². The van der Waals surface area contributed by atoms with Crippen molar-refractivity contribution in [1.82, 2.24) is 0 Å². The van der Waals surface area contributed by atoms with E-state index in [0.29, 0.717) is 12.0 Å². The SMILES string of the molecule is COC(C)(C)CCOC1(CN)CCC(C(C)(C)C)CC1. The summed E-state index contributed by atoms with van der Waals surface area (Å²) in [4.78, 5) is 0. The van der Waals surface area contributed by atoms with Gasteiger partial charge in [-0.25, -0.2) is 0 Å². The second kappa shape index (κ2) is 6.76. The molecule has 0 aliphatic heterocycles. The molecule has 0 spiro atoms. The van der Waals surface area contributed by atoms with Crippen LogP contribution in [0, 0.1) is 11.3 Å². The summed E-state index contributed by atoms with van der Waals surface area (Å²) < 4.78 is 11.7. The molecule has 1 aliphatic carbocycles. The van der Waals surface area contributed by atoms with Crippen LogP contribution in [0.3, 0.4) is 0 Å². The molecule has 0 bridgehead atoms. The lowest BCUT2D eigenvalue weighted by Crippen LogP contribution is -2.46. The number of hydrogen-bond donors (Lipinski definition) is 1. The monoisotopic (exact) mass is 285 g/mol. The molecule has 0 heterocycles. The Kier molecular flexibility index (Phi) is 6.06. The van der Waals surface area contributed by atoms with E-state index in [1.54, 1.807) is 7.11 Å². The first kappa shape index (κ1) is 17.9. The van der Waals surface area contributed by atoms with Crippen molar-refractivity contribution in [2.24, 2.45) is 17.1 Å². The standard InChI is InChI=1S/C17H35NO2/c1-15(2,3)14-7-9-17(13-18,10-8-14)20-12-11-16(4,5)19-6/h14H,7-13,18H2,1-6H3. The molecule has 0 radical (unpaired) electrons. The fourth-order valence-electron chi connectivity index (χ4n) is 3.03. The molecule has 1 aliphatic rings. The highest BCUT2D eigenvalue weighted by Gasteiger charge is 2.38. The van der Waals surface area contributed by atoms with Crippen molar-refractivity contribution in [3.05, 3.63) is 0 Å². The van der Waals surface area contributed by atoms with Gasteiger partial charge in [-0.15, -0.1) is 0 Å². The van der Waals surface area contributed by atoms with Crippen LogP contribution in [0.2, 0.25) is 0 Å². The lowest BCUT2D eigenvalue weighted by molar-refractivity contribution is -0.0983. The first-order chi connectivity index (χ1) is 9.14. The van der Waals surface area contributed by atoms with Crippen molar-refractivity contribution in [3.63, 3.8) is 0 Å². The number of methoxy groups -OCH3 is 1. The lowest BCUT2D eigenvalue weighted by Gasteiger charge is -2.43. The zero-order valence-corrected chi connectivity index (χ0v) is 14.4. The van der Waals surface area contributed by atoms with Gasteiger partial charge >= 0.3 is 0 Å². The molecule has 0 amide bonds. The summed E-state index contributed by atoms with van der Waals surface area (Å²) in [6.45, 7) is 12.6. The van der Waals surface area contributed by atoms with Gasteiger partial charge < -0.3 is 15.2 Å². The second-order valence-electron chi connectivity index (χ2n) is 8.09. The van der Waals surface area contributed by atoms with Gasteiger partial charge in [-0.05, 0) is 57.3 Å². The van der Waals surface area contributed by atoms with E-state index in [2.05, 4.69) is 34.6 Å². The summed E-state index contributed by atoms with van der Waals surface area (Å²) in [5.41, 5.74) is 6.22. The molecule has 0 saturated heterocycles. The van der Waals surface area contributed by atoms with Crippen LogP contribution in [0.25, 0.3) is 0 Å². The van der Waals surface area contributed by atoms with Gasteiger partial charge in [0.15, 0.2) is 0 Å². The second-order valence-corrected chi connectivity index (χ2v) is 8.09. The van der Waals surface area contributed by atoms with Crippen LogP contribution >= 0.6 is 0 Å². The molecule has 0 unspecified atom stereocenters. The topological polar surface area (TPSA) is 44.5 Å². The summed E-state index contributed by atoms with van der Waals surface area (Å²) in [6, 6.07) is 0. The molecule has 0 aromatic carbocycles. The summed E-state index contributed by atoms with van der Waals surface area (Å²) in [7, 11) is 1.76. The van der Waals surface area contributed by atoms with Gasteiger partial charge in [0, 0.05) is 13.7 Å². The Morgan fingerprint density at radius 2 is 1.65 bits per heavy atom. The Bertz CT molecular complexity index is 286. The van der Waals surface area contributed by atoms with E-state index in [1.165, 1.54) is 12.8 Å². The van der Waals surface area contributed by atoms with Crippen molar-refractivity contribution < 1.29 is 9.47 Å². The highest BCUT2D eigenvalue weighted by Crippen LogP contribution is 2.42. The molecule has 0 aromatic heterocycles. The average Bonchev–Trinajstić information content (AvgIpc) is 2.38. The van der Waals surface area contributed by atoms with E-state index in [1.807, 2.05) is 0 Å². The zero-order valence-electron chi connectivity index (χ0n) is 14.4. The normalized spacial score (nSPS) is 28.6. The molecular weight excluding hydrogens is 250 g/mol. The van der Waals surface area contributed by atoms with Crippen molar-refractivity contribution in [3.8, 4) is 0 Å². The zero-order chi connectivity index (χ0) is 15.4. The van der Waals surface area contributed by atoms with Gasteiger partial charge in [0.05, 0.1) is 17.8 Å². The van der Waals surface area contributed by atoms with Crippen LogP contribution in [0.1, 0.15) is 66.7 Å². The highest BCUT2D eigenvalue weighted by atomic mass is 16.5. The molecule has 1 fully saturated rings. The lowest BCUT2D eigenvalue weighted by atomic mass is 9.68. The summed E-state index contributed by atoms with van der Waals surface area (Å²) in [5.74, 6) is 0.793. The average molecular weight is 285 g/mol. The third-order valence-electron chi connectivity index (χ3n) is 5.16. The predicted octanol–water partition coefficient (Wildman–Crippen LogP) is 3.75. The molecular formula is C17H35NO2. The molecule has 3 nitrogen and oxygen atoms in total. The van der Waals surface area contributed by atoms with E-state index in [4.69, 9.17) is 15.2 Å². The smallest absolute Gasteiger partial charge is 0.0804 e. The van der Waals surface area contributed by atoms with E-state index >= 15 is 0 Å². The minimum Gasteiger partial charge on any atom is -0.379 e. The fourth-order valence-corrected chi connectivity index (χ4v) is 3.03. The van der Waals surface area contributed by atoms with Crippen LogP contribution in [0.5, 0.6) is 0 Å². The molecule has 0 atom stereocenters. The van der Waals surface area contributed by atoms with Gasteiger partial charge in [-0.1, -0.05) is 20.8 Å². The van der Waals surface area contributed by atoms with Crippen LogP contribution in [-0.4, -0.2) is 31.5 Å². The molecule has 2 N–H and O–H groups in total. The molecule has 3 heteroatoms. The summed E-state index contributed by atoms with van der Waals surface area (Å²) in [6.07, 6.45) is 5.56. The molecule has 1 saturated carbocycles. The van der Waals surface area contributed by atoms with E-state index in [0.717, 1.165) is 31.8 Å². The molecule has 20 heavy (non-hydrogen) atoms. The third kappa shape index (κ3) is 5.01. The van der Waals surface area contributed by atoms with Crippen molar-refractivity contribution >= 4 is 0 Å². The highest BCUT2D eigenvalue weighted by molar-refractivity contribution is 4.91. The van der Waals surface area contributed by atoms with Crippen molar-refractivity contribution in [1.29, 1.82) is 0 Å². The van der Waals surface area contributed by atoms with Crippen LogP contribution < -0.4 is 5.73 Å². The number of nitrogens with two attached hydrogens (primary N) is 1. The predicted molar refractivity (Wildman–Crippen MR) is 84.9 cm³/mol. The van der Waals surface area contributed by atoms with Gasteiger partial charge in [0.1, 0.15) is 0 Å². The minimum absolute atomic E-state index is 0.0917. The Hall–Kier alpha value is -0.120. The Balaban J connectivity index is 2.47. The van der Waals surface area contributed by atoms with E-state index in [9.17, 15) is 0 Å². The first-order valence-corrected chi connectivity index (χ1v) is 8.03. The van der Waals surface area contributed by atoms with E-state index in [-0.39, 0.29) is 11.2 Å². The maximum Gasteiger partial charge on any atom is 0.0804 e. The van der Waals surface area contributed by atoms with E-state index < -0.39 is 0 Å². The molecule has 0 aromatic rings.